The number of nitrogens with one attached hydrogen (secondary N) is 2. The maximum absolute atomic E-state index is 12.4. The van der Waals surface area contributed by atoms with Gasteiger partial charge in [-0.3, -0.25) is 14.3 Å². The van der Waals surface area contributed by atoms with Gasteiger partial charge in [0.25, 0.3) is 11.8 Å². The number of hydrogen-bond acceptors (Lipinski definition) is 8. The number of benzene rings is 1. The van der Waals surface area contributed by atoms with Gasteiger partial charge in [0, 0.05) is 35.9 Å². The molecule has 0 unspecified atom stereocenters. The first kappa shape index (κ1) is 20.4. The molecule has 0 aliphatic rings. The van der Waals surface area contributed by atoms with E-state index in [0.29, 0.717) is 17.1 Å². The van der Waals surface area contributed by atoms with Crippen LogP contribution in [0.1, 0.15) is 21.0 Å². The Labute approximate surface area is 179 Å². The van der Waals surface area contributed by atoms with Crippen molar-refractivity contribution in [3.8, 4) is 0 Å². The van der Waals surface area contributed by atoms with Crippen LogP contribution in [0, 0.1) is 10.1 Å². The lowest BCUT2D eigenvalue weighted by Gasteiger charge is -2.06. The zero-order valence-electron chi connectivity index (χ0n) is 16.6. The largest absolute Gasteiger partial charge is 0.491 e. The highest BCUT2D eigenvalue weighted by Crippen LogP contribution is 2.15. The summed E-state index contributed by atoms with van der Waals surface area (Å²) in [5, 5.41) is 27.9. The van der Waals surface area contributed by atoms with Crippen molar-refractivity contribution >= 4 is 29.1 Å². The van der Waals surface area contributed by atoms with E-state index in [4.69, 9.17) is 0 Å². The first-order valence-electron chi connectivity index (χ1n) is 9.17. The fourth-order valence-corrected chi connectivity index (χ4v) is 2.71. The molecule has 162 valence electrons. The number of amides is 2. The molecule has 0 saturated heterocycles. The molecule has 0 bridgehead atoms. The van der Waals surface area contributed by atoms with Crippen molar-refractivity contribution in [2.45, 2.75) is 6.67 Å². The Bertz CT molecular complexity index is 1290. The van der Waals surface area contributed by atoms with E-state index in [1.54, 1.807) is 49.8 Å². The first-order valence-corrected chi connectivity index (χ1v) is 9.17. The van der Waals surface area contributed by atoms with E-state index in [1.807, 2.05) is 0 Å². The maximum atomic E-state index is 12.4. The summed E-state index contributed by atoms with van der Waals surface area (Å²) in [5.41, 5.74) is 1.49. The second-order valence-electron chi connectivity index (χ2n) is 6.58. The Morgan fingerprint density at radius 1 is 0.906 bits per heavy atom. The lowest BCUT2D eigenvalue weighted by Crippen LogP contribution is -2.15. The molecule has 0 aliphatic carbocycles. The van der Waals surface area contributed by atoms with E-state index in [1.165, 1.54) is 26.4 Å². The summed E-state index contributed by atoms with van der Waals surface area (Å²) in [6.07, 6.45) is 4.41. The van der Waals surface area contributed by atoms with Crippen LogP contribution in [0.2, 0.25) is 0 Å². The molecule has 0 radical (unpaired) electrons. The minimum atomic E-state index is -0.701. The first-order chi connectivity index (χ1) is 15.4. The molecule has 14 heteroatoms. The third-order valence-corrected chi connectivity index (χ3v) is 4.20. The third-order valence-electron chi connectivity index (χ3n) is 4.20. The molecular weight excluding hydrogens is 420 g/mol. The van der Waals surface area contributed by atoms with Gasteiger partial charge in [-0.05, 0) is 41.3 Å². The summed E-state index contributed by atoms with van der Waals surface area (Å²) < 4.78 is 4.15. The maximum Gasteiger partial charge on any atom is 0.491 e. The lowest BCUT2D eigenvalue weighted by molar-refractivity contribution is -0.394. The number of hydrogen-bond donors (Lipinski definition) is 2. The average Bonchev–Trinajstić information content (AvgIpc) is 3.51. The van der Waals surface area contributed by atoms with Crippen molar-refractivity contribution in [3.63, 3.8) is 0 Å². The normalized spacial score (nSPS) is 10.7. The standard InChI is InChI=1S/C18H16N10O4/c1-25-8-6-14(22-25)16(29)20-12-2-4-13(5-3-12)21-17(30)15-7-9-26(23-15)11-27-10-19-18(24-27)28(31)32/h2-10H,11H2,1H3,(H,20,29)(H,21,30). The highest BCUT2D eigenvalue weighted by molar-refractivity contribution is 6.04. The molecule has 3 heterocycles. The minimum absolute atomic E-state index is 0.0544. The summed E-state index contributed by atoms with van der Waals surface area (Å²) >= 11 is 0. The van der Waals surface area contributed by atoms with Crippen molar-refractivity contribution in [1.29, 1.82) is 0 Å². The van der Waals surface area contributed by atoms with Crippen LogP contribution in [0.25, 0.3) is 0 Å². The Balaban J connectivity index is 1.34. The number of aromatic nitrogens is 7. The van der Waals surface area contributed by atoms with Crippen molar-refractivity contribution in [2.75, 3.05) is 10.6 Å². The Morgan fingerprint density at radius 2 is 1.50 bits per heavy atom. The molecule has 0 aliphatic heterocycles. The van der Waals surface area contributed by atoms with E-state index in [2.05, 4.69) is 30.9 Å². The van der Waals surface area contributed by atoms with E-state index < -0.39 is 16.8 Å². The number of nitro groups is 1. The number of aryl methyl sites for hydroxylation is 1. The Hall–Kier alpha value is -4.88. The highest BCUT2D eigenvalue weighted by Gasteiger charge is 2.15. The van der Waals surface area contributed by atoms with Gasteiger partial charge in [-0.25, -0.2) is 4.68 Å². The van der Waals surface area contributed by atoms with Crippen molar-refractivity contribution in [2.24, 2.45) is 7.05 Å². The third kappa shape index (κ3) is 4.64. The minimum Gasteiger partial charge on any atom is -0.390 e. The SMILES string of the molecule is Cn1ccc(C(=O)Nc2ccc(NC(=O)c3ccn(Cn4cnc([N+](=O)[O-])n4)n3)cc2)n1. The molecule has 14 nitrogen and oxygen atoms in total. The van der Waals surface area contributed by atoms with Gasteiger partial charge in [0.2, 0.25) is 6.33 Å². The Morgan fingerprint density at radius 3 is 2.03 bits per heavy atom. The van der Waals surface area contributed by atoms with Gasteiger partial charge in [0.05, 0.1) is 0 Å². The fourth-order valence-electron chi connectivity index (χ4n) is 2.71. The van der Waals surface area contributed by atoms with E-state index in [-0.39, 0.29) is 18.3 Å². The molecule has 2 N–H and O–H groups in total. The number of carbonyl (C=O) groups is 2. The van der Waals surface area contributed by atoms with Crippen LogP contribution < -0.4 is 10.6 Å². The predicted octanol–water partition coefficient (Wildman–Crippen LogP) is 1.13. The smallest absolute Gasteiger partial charge is 0.390 e. The summed E-state index contributed by atoms with van der Waals surface area (Å²) in [5.74, 6) is -1.31. The van der Waals surface area contributed by atoms with Gasteiger partial charge < -0.3 is 20.7 Å². The van der Waals surface area contributed by atoms with Crippen molar-refractivity contribution in [3.05, 3.63) is 76.6 Å². The molecule has 2 amide bonds. The molecular formula is C18H16N10O4. The molecule has 0 atom stereocenters. The summed E-state index contributed by atoms with van der Waals surface area (Å²) in [6, 6.07) is 9.67. The zero-order chi connectivity index (χ0) is 22.7. The quantitative estimate of drug-likeness (QED) is 0.321. The predicted molar refractivity (Wildman–Crippen MR) is 110 cm³/mol. The van der Waals surface area contributed by atoms with Gasteiger partial charge in [-0.2, -0.15) is 14.9 Å². The van der Waals surface area contributed by atoms with Crippen molar-refractivity contribution in [1.82, 2.24) is 34.3 Å². The molecule has 3 aromatic heterocycles. The topological polar surface area (TPSA) is 168 Å². The lowest BCUT2D eigenvalue weighted by atomic mass is 10.2. The number of carbonyl (C=O) groups excluding carboxylic acids is 2. The second-order valence-corrected chi connectivity index (χ2v) is 6.58. The van der Waals surface area contributed by atoms with E-state index in [0.717, 1.165) is 0 Å². The molecule has 4 aromatic rings. The molecule has 4 rings (SSSR count). The molecule has 32 heavy (non-hydrogen) atoms. The van der Waals surface area contributed by atoms with Gasteiger partial charge in [-0.1, -0.05) is 4.98 Å². The molecule has 0 spiro atoms. The van der Waals surface area contributed by atoms with Gasteiger partial charge in [0.15, 0.2) is 18.1 Å². The monoisotopic (exact) mass is 436 g/mol. The molecule has 0 fully saturated rings. The van der Waals surface area contributed by atoms with E-state index >= 15 is 0 Å². The van der Waals surface area contributed by atoms with Crippen LogP contribution in [0.3, 0.4) is 0 Å². The molecule has 0 saturated carbocycles. The van der Waals surface area contributed by atoms with Crippen LogP contribution in [-0.2, 0) is 13.7 Å². The number of rotatable bonds is 7. The van der Waals surface area contributed by atoms with Crippen molar-refractivity contribution < 1.29 is 14.5 Å². The summed E-state index contributed by atoms with van der Waals surface area (Å²) in [7, 11) is 1.72. The van der Waals surface area contributed by atoms with Crippen LogP contribution in [-0.4, -0.2) is 51.1 Å². The second kappa shape index (κ2) is 8.47. The van der Waals surface area contributed by atoms with E-state index in [9.17, 15) is 19.7 Å². The van der Waals surface area contributed by atoms with Crippen LogP contribution in [0.5, 0.6) is 0 Å². The number of anilines is 2. The molecule has 1 aromatic carbocycles. The average molecular weight is 436 g/mol. The van der Waals surface area contributed by atoms with Gasteiger partial charge >= 0.3 is 5.95 Å². The van der Waals surface area contributed by atoms with Gasteiger partial charge in [-0.15, -0.1) is 0 Å². The van der Waals surface area contributed by atoms with Crippen LogP contribution in [0.15, 0.2) is 55.1 Å². The van der Waals surface area contributed by atoms with Crippen LogP contribution in [0.4, 0.5) is 17.3 Å². The number of nitrogens with zero attached hydrogens (tertiary/aromatic N) is 8. The highest BCUT2D eigenvalue weighted by atomic mass is 16.6. The van der Waals surface area contributed by atoms with Crippen LogP contribution >= 0.6 is 0 Å². The fraction of sp³-hybridized carbons (Fsp3) is 0.111. The zero-order valence-corrected chi connectivity index (χ0v) is 16.6. The summed E-state index contributed by atoms with van der Waals surface area (Å²) in [4.78, 5) is 38.1. The van der Waals surface area contributed by atoms with Gasteiger partial charge in [0.1, 0.15) is 0 Å². The Kier molecular flexibility index (Phi) is 5.40. The summed E-state index contributed by atoms with van der Waals surface area (Å²) in [6.45, 7) is 0.0544.